The Morgan fingerprint density at radius 3 is 2.70 bits per heavy atom. The van der Waals surface area contributed by atoms with Crippen molar-refractivity contribution in [3.05, 3.63) is 65.6 Å². The maximum absolute atomic E-state index is 14.5. The van der Waals surface area contributed by atoms with Gasteiger partial charge in [0.25, 0.3) is 0 Å². The van der Waals surface area contributed by atoms with Gasteiger partial charge in [-0.25, -0.2) is 4.39 Å². The Labute approximate surface area is 174 Å². The van der Waals surface area contributed by atoms with Crippen LogP contribution in [0.1, 0.15) is 43.4 Å². The molecule has 1 unspecified atom stereocenters. The molecule has 0 saturated carbocycles. The fraction of sp³-hybridized carbons (Fsp3) is 0.261. The maximum Gasteiger partial charge on any atom is 0.227 e. The number of hydrogen-bond acceptors (Lipinski definition) is 3. The summed E-state index contributed by atoms with van der Waals surface area (Å²) in [6, 6.07) is 11.5. The molecule has 0 bridgehead atoms. The van der Waals surface area contributed by atoms with E-state index in [0.717, 1.165) is 11.1 Å². The molecule has 3 amide bonds. The minimum absolute atomic E-state index is 0.0366. The number of carbonyl (C=O) groups excluding carboxylic acids is 3. The lowest BCUT2D eigenvalue weighted by atomic mass is 9.93. The fourth-order valence-corrected chi connectivity index (χ4v) is 4.01. The molecule has 2 aliphatic rings. The Bertz CT molecular complexity index is 1050. The van der Waals surface area contributed by atoms with Gasteiger partial charge in [0.1, 0.15) is 5.82 Å². The van der Waals surface area contributed by atoms with Gasteiger partial charge in [0.2, 0.25) is 17.7 Å². The van der Waals surface area contributed by atoms with E-state index in [1.165, 1.54) is 28.9 Å². The van der Waals surface area contributed by atoms with Crippen LogP contribution in [0.5, 0.6) is 0 Å². The molecule has 0 radical (unpaired) electrons. The molecule has 0 aliphatic carbocycles. The van der Waals surface area contributed by atoms with Crippen LogP contribution in [0, 0.1) is 5.82 Å². The molecule has 1 atom stereocenters. The van der Waals surface area contributed by atoms with E-state index in [4.69, 9.17) is 0 Å². The van der Waals surface area contributed by atoms with Gasteiger partial charge in [-0.2, -0.15) is 0 Å². The highest BCUT2D eigenvalue weighted by Gasteiger charge is 2.28. The van der Waals surface area contributed by atoms with Crippen molar-refractivity contribution in [2.75, 3.05) is 16.8 Å². The van der Waals surface area contributed by atoms with Crippen LogP contribution in [0.25, 0.3) is 6.08 Å². The van der Waals surface area contributed by atoms with E-state index in [1.807, 2.05) is 30.3 Å². The molecule has 0 spiro atoms. The van der Waals surface area contributed by atoms with Crippen molar-refractivity contribution in [2.45, 2.75) is 32.2 Å². The molecule has 2 heterocycles. The minimum Gasteiger partial charge on any atom is -0.326 e. The largest absolute Gasteiger partial charge is 0.326 e. The Balaban J connectivity index is 1.50. The number of rotatable bonds is 4. The number of carbonyl (C=O) groups is 3. The zero-order valence-electron chi connectivity index (χ0n) is 16.6. The van der Waals surface area contributed by atoms with Crippen LogP contribution < -0.4 is 10.2 Å². The lowest BCUT2D eigenvalue weighted by Crippen LogP contribution is -2.33. The number of nitrogens with zero attached hydrogens (tertiary/aromatic N) is 2. The van der Waals surface area contributed by atoms with E-state index in [0.29, 0.717) is 25.1 Å². The summed E-state index contributed by atoms with van der Waals surface area (Å²) >= 11 is 0. The predicted octanol–water partition coefficient (Wildman–Crippen LogP) is 3.86. The second kappa shape index (κ2) is 8.10. The Kier molecular flexibility index (Phi) is 5.35. The standard InChI is InChI=1S/C23H22FN3O3/c1-15(28)26-12-10-16-5-2-3-6-18(16)21(26)14-22(29)25-17-8-9-20(19(24)13-17)27-11-4-7-23(27)30/h2-3,5-6,8-10,12-13,21H,4,7,11,14H2,1H3,(H,25,29). The molecule has 1 fully saturated rings. The summed E-state index contributed by atoms with van der Waals surface area (Å²) in [7, 11) is 0. The van der Waals surface area contributed by atoms with Gasteiger partial charge in [-0.15, -0.1) is 0 Å². The van der Waals surface area contributed by atoms with Crippen LogP contribution in [0.4, 0.5) is 15.8 Å². The highest BCUT2D eigenvalue weighted by atomic mass is 19.1. The zero-order valence-corrected chi connectivity index (χ0v) is 16.6. The SMILES string of the molecule is CC(=O)N1C=Cc2ccccc2C1CC(=O)Nc1ccc(N2CCCC2=O)c(F)c1. The van der Waals surface area contributed by atoms with Gasteiger partial charge >= 0.3 is 0 Å². The number of hydrogen-bond donors (Lipinski definition) is 1. The highest BCUT2D eigenvalue weighted by molar-refractivity contribution is 5.96. The molecule has 2 aromatic rings. The normalized spacial score (nSPS) is 17.8. The van der Waals surface area contributed by atoms with E-state index in [9.17, 15) is 18.8 Å². The van der Waals surface area contributed by atoms with Crippen molar-refractivity contribution in [1.82, 2.24) is 4.90 Å². The van der Waals surface area contributed by atoms with Crippen molar-refractivity contribution in [1.29, 1.82) is 0 Å². The van der Waals surface area contributed by atoms with Crippen LogP contribution in [-0.4, -0.2) is 29.2 Å². The van der Waals surface area contributed by atoms with Crippen LogP contribution in [0.2, 0.25) is 0 Å². The van der Waals surface area contributed by atoms with Gasteiger partial charge in [0.15, 0.2) is 0 Å². The van der Waals surface area contributed by atoms with Gasteiger partial charge in [0.05, 0.1) is 18.2 Å². The van der Waals surface area contributed by atoms with E-state index in [1.54, 1.807) is 12.3 Å². The van der Waals surface area contributed by atoms with E-state index in [2.05, 4.69) is 5.32 Å². The molecule has 1 saturated heterocycles. The number of fused-ring (bicyclic) bond motifs is 1. The highest BCUT2D eigenvalue weighted by Crippen LogP contribution is 2.33. The summed E-state index contributed by atoms with van der Waals surface area (Å²) < 4.78 is 14.5. The topological polar surface area (TPSA) is 69.7 Å². The lowest BCUT2D eigenvalue weighted by molar-refractivity contribution is -0.129. The first-order chi connectivity index (χ1) is 14.4. The summed E-state index contributed by atoms with van der Waals surface area (Å²) in [6.45, 7) is 1.95. The van der Waals surface area contributed by atoms with Crippen LogP contribution in [0.15, 0.2) is 48.7 Å². The molecule has 2 aliphatic heterocycles. The molecule has 1 N–H and O–H groups in total. The third kappa shape index (κ3) is 3.83. The summed E-state index contributed by atoms with van der Waals surface area (Å²) in [4.78, 5) is 39.6. The smallest absolute Gasteiger partial charge is 0.227 e. The van der Waals surface area contributed by atoms with Gasteiger partial charge in [0, 0.05) is 31.8 Å². The zero-order chi connectivity index (χ0) is 21.3. The second-order valence-electron chi connectivity index (χ2n) is 7.45. The Morgan fingerprint density at radius 1 is 1.20 bits per heavy atom. The summed E-state index contributed by atoms with van der Waals surface area (Å²) in [5, 5.41) is 2.70. The number of nitrogens with one attached hydrogen (secondary N) is 1. The van der Waals surface area contributed by atoms with Crippen molar-refractivity contribution < 1.29 is 18.8 Å². The first kappa shape index (κ1) is 19.8. The molecule has 30 heavy (non-hydrogen) atoms. The molecular formula is C23H22FN3O3. The number of benzene rings is 2. The molecule has 6 nitrogen and oxygen atoms in total. The van der Waals surface area contributed by atoms with Gasteiger partial charge in [-0.1, -0.05) is 24.3 Å². The molecule has 154 valence electrons. The molecular weight excluding hydrogens is 385 g/mol. The average Bonchev–Trinajstić information content (AvgIpc) is 3.13. The maximum atomic E-state index is 14.5. The first-order valence-electron chi connectivity index (χ1n) is 9.90. The molecule has 0 aromatic heterocycles. The Hall–Kier alpha value is -3.48. The average molecular weight is 407 g/mol. The number of anilines is 2. The first-order valence-corrected chi connectivity index (χ1v) is 9.90. The van der Waals surface area contributed by atoms with E-state index in [-0.39, 0.29) is 29.8 Å². The monoisotopic (exact) mass is 407 g/mol. The summed E-state index contributed by atoms with van der Waals surface area (Å²) in [5.74, 6) is -1.15. The number of amides is 3. The summed E-state index contributed by atoms with van der Waals surface area (Å²) in [6.07, 6.45) is 4.69. The number of halogens is 1. The third-order valence-corrected chi connectivity index (χ3v) is 5.44. The van der Waals surface area contributed by atoms with Gasteiger partial charge in [-0.3, -0.25) is 14.4 Å². The van der Waals surface area contributed by atoms with E-state index >= 15 is 0 Å². The molecule has 4 rings (SSSR count). The third-order valence-electron chi connectivity index (χ3n) is 5.44. The molecule has 7 heteroatoms. The van der Waals surface area contributed by atoms with Crippen molar-refractivity contribution in [3.8, 4) is 0 Å². The van der Waals surface area contributed by atoms with Crippen LogP contribution in [-0.2, 0) is 14.4 Å². The van der Waals surface area contributed by atoms with Gasteiger partial charge in [-0.05, 0) is 41.8 Å². The quantitative estimate of drug-likeness (QED) is 0.837. The summed E-state index contributed by atoms with van der Waals surface area (Å²) in [5.41, 5.74) is 2.38. The van der Waals surface area contributed by atoms with Gasteiger partial charge < -0.3 is 15.1 Å². The predicted molar refractivity (Wildman–Crippen MR) is 112 cm³/mol. The van der Waals surface area contributed by atoms with Crippen molar-refractivity contribution in [2.24, 2.45) is 0 Å². The van der Waals surface area contributed by atoms with Crippen LogP contribution in [0.3, 0.4) is 0 Å². The van der Waals surface area contributed by atoms with Crippen molar-refractivity contribution >= 4 is 35.2 Å². The molecule has 2 aromatic carbocycles. The fourth-order valence-electron chi connectivity index (χ4n) is 4.01. The Morgan fingerprint density at radius 2 is 2.00 bits per heavy atom. The second-order valence-corrected chi connectivity index (χ2v) is 7.45. The van der Waals surface area contributed by atoms with E-state index < -0.39 is 11.9 Å². The lowest BCUT2D eigenvalue weighted by Gasteiger charge is -2.32. The van der Waals surface area contributed by atoms with Crippen molar-refractivity contribution in [3.63, 3.8) is 0 Å². The minimum atomic E-state index is -0.556. The van der Waals surface area contributed by atoms with Crippen LogP contribution >= 0.6 is 0 Å².